The highest BCUT2D eigenvalue weighted by Crippen LogP contribution is 2.20. The third-order valence-electron chi connectivity index (χ3n) is 3.84. The molecule has 1 aromatic heterocycles. The molecule has 1 aliphatic rings. The van der Waals surface area contributed by atoms with E-state index in [-0.39, 0.29) is 0 Å². The van der Waals surface area contributed by atoms with Crippen molar-refractivity contribution in [1.29, 1.82) is 0 Å². The first-order chi connectivity index (χ1) is 9.69. The lowest BCUT2D eigenvalue weighted by Crippen LogP contribution is -2.28. The van der Waals surface area contributed by atoms with Crippen molar-refractivity contribution in [3.63, 3.8) is 0 Å². The second-order valence-corrected chi connectivity index (χ2v) is 5.64. The molecule has 0 bridgehead atoms. The van der Waals surface area contributed by atoms with Crippen LogP contribution < -0.4 is 5.32 Å². The summed E-state index contributed by atoms with van der Waals surface area (Å²) < 4.78 is 7.58. The molecule has 0 saturated heterocycles. The third-order valence-corrected chi connectivity index (χ3v) is 3.84. The number of rotatable bonds is 7. The quantitative estimate of drug-likeness (QED) is 0.803. The Morgan fingerprint density at radius 3 is 2.90 bits per heavy atom. The summed E-state index contributed by atoms with van der Waals surface area (Å²) in [5, 5.41) is 17.6. The molecule has 114 valence electrons. The van der Waals surface area contributed by atoms with Crippen LogP contribution in [0.4, 0.5) is 5.69 Å². The Hall–Kier alpha value is -1.07. The maximum absolute atomic E-state index is 10.00. The van der Waals surface area contributed by atoms with Gasteiger partial charge in [-0.05, 0) is 19.3 Å². The highest BCUT2D eigenvalue weighted by Gasteiger charge is 2.16. The van der Waals surface area contributed by atoms with E-state index in [2.05, 4.69) is 17.3 Å². The van der Waals surface area contributed by atoms with Crippen LogP contribution in [-0.2, 0) is 18.2 Å². The molecule has 0 amide bonds. The molecule has 1 saturated carbocycles. The molecule has 1 aromatic rings. The van der Waals surface area contributed by atoms with Gasteiger partial charge in [0.1, 0.15) is 0 Å². The molecule has 2 N–H and O–H groups in total. The molecule has 20 heavy (non-hydrogen) atoms. The van der Waals surface area contributed by atoms with E-state index in [0.717, 1.165) is 30.6 Å². The maximum Gasteiger partial charge on any atom is 0.0945 e. The summed E-state index contributed by atoms with van der Waals surface area (Å²) in [7, 11) is 1.91. The van der Waals surface area contributed by atoms with Gasteiger partial charge in [-0.15, -0.1) is 0 Å². The maximum atomic E-state index is 10.00. The van der Waals surface area contributed by atoms with E-state index in [1.165, 1.54) is 19.3 Å². The number of ether oxygens (including phenoxy) is 1. The zero-order valence-corrected chi connectivity index (χ0v) is 12.6. The Bertz CT molecular complexity index is 400. The normalized spacial score (nSPS) is 18.1. The van der Waals surface area contributed by atoms with Crippen molar-refractivity contribution in [2.75, 3.05) is 18.5 Å². The number of aryl methyl sites for hydroxylation is 2. The molecule has 5 nitrogen and oxygen atoms in total. The molecule has 1 atom stereocenters. The van der Waals surface area contributed by atoms with Gasteiger partial charge in [-0.3, -0.25) is 4.68 Å². The van der Waals surface area contributed by atoms with Crippen molar-refractivity contribution in [2.45, 2.75) is 57.7 Å². The number of aliphatic hydroxyl groups is 1. The van der Waals surface area contributed by atoms with Gasteiger partial charge in [0.15, 0.2) is 0 Å². The van der Waals surface area contributed by atoms with Gasteiger partial charge >= 0.3 is 0 Å². The van der Waals surface area contributed by atoms with Crippen molar-refractivity contribution >= 4 is 5.69 Å². The van der Waals surface area contributed by atoms with Gasteiger partial charge in [-0.25, -0.2) is 0 Å². The van der Waals surface area contributed by atoms with Crippen LogP contribution in [0.2, 0.25) is 0 Å². The van der Waals surface area contributed by atoms with E-state index in [1.54, 1.807) is 4.68 Å². The van der Waals surface area contributed by atoms with E-state index in [9.17, 15) is 5.11 Å². The first-order valence-corrected chi connectivity index (χ1v) is 7.75. The first kappa shape index (κ1) is 15.3. The summed E-state index contributed by atoms with van der Waals surface area (Å²) in [6.07, 6.45) is 8.84. The number of aliphatic hydroxyl groups excluding tert-OH is 1. The summed E-state index contributed by atoms with van der Waals surface area (Å²) in [4.78, 5) is 0. The van der Waals surface area contributed by atoms with Crippen molar-refractivity contribution in [2.24, 2.45) is 7.05 Å². The number of nitrogens with zero attached hydrogens (tertiary/aromatic N) is 2. The van der Waals surface area contributed by atoms with E-state index < -0.39 is 6.10 Å². The van der Waals surface area contributed by atoms with E-state index in [4.69, 9.17) is 4.74 Å². The molecule has 0 radical (unpaired) electrons. The van der Waals surface area contributed by atoms with Crippen LogP contribution in [0.15, 0.2) is 6.20 Å². The van der Waals surface area contributed by atoms with Crippen LogP contribution in [0.1, 0.15) is 44.7 Å². The summed E-state index contributed by atoms with van der Waals surface area (Å²) in [6.45, 7) is 3.00. The van der Waals surface area contributed by atoms with Crippen molar-refractivity contribution in [3.8, 4) is 0 Å². The Kier molecular flexibility index (Phi) is 5.86. The average Bonchev–Trinajstić information content (AvgIpc) is 2.84. The van der Waals surface area contributed by atoms with Gasteiger partial charge in [-0.1, -0.05) is 26.2 Å². The second-order valence-electron chi connectivity index (χ2n) is 5.64. The predicted molar refractivity (Wildman–Crippen MR) is 79.9 cm³/mol. The first-order valence-electron chi connectivity index (χ1n) is 7.75. The molecule has 0 aliphatic heterocycles. The Labute approximate surface area is 121 Å². The standard InChI is InChI=1S/C15H27N3O2/c1-3-14-15(10-18(2)17-14)16-9-12(19)11-20-13-7-5-4-6-8-13/h10,12-13,16,19H,3-9,11H2,1-2H3. The van der Waals surface area contributed by atoms with Crippen molar-refractivity contribution in [3.05, 3.63) is 11.9 Å². The molecule has 0 spiro atoms. The van der Waals surface area contributed by atoms with Gasteiger partial charge in [0.25, 0.3) is 0 Å². The Balaban J connectivity index is 1.70. The highest BCUT2D eigenvalue weighted by molar-refractivity contribution is 5.46. The number of aromatic nitrogens is 2. The SMILES string of the molecule is CCc1nn(C)cc1NCC(O)COC1CCCCC1. The van der Waals surface area contributed by atoms with Gasteiger partial charge in [0.2, 0.25) is 0 Å². The third kappa shape index (κ3) is 4.49. The number of anilines is 1. The minimum absolute atomic E-state index is 0.350. The van der Waals surface area contributed by atoms with Crippen molar-refractivity contribution < 1.29 is 9.84 Å². The summed E-state index contributed by atoms with van der Waals surface area (Å²) >= 11 is 0. The molecule has 2 rings (SSSR count). The van der Waals surface area contributed by atoms with Crippen LogP contribution >= 0.6 is 0 Å². The number of nitrogens with one attached hydrogen (secondary N) is 1. The predicted octanol–water partition coefficient (Wildman–Crippen LogP) is 2.10. The van der Waals surface area contributed by atoms with Crippen LogP contribution in [0, 0.1) is 0 Å². The average molecular weight is 281 g/mol. The van der Waals surface area contributed by atoms with Crippen LogP contribution in [-0.4, -0.2) is 40.2 Å². The van der Waals surface area contributed by atoms with E-state index in [0.29, 0.717) is 19.3 Å². The molecular weight excluding hydrogens is 254 g/mol. The molecule has 1 fully saturated rings. The van der Waals surface area contributed by atoms with Gasteiger partial charge < -0.3 is 15.2 Å². The lowest BCUT2D eigenvalue weighted by molar-refractivity contribution is -0.0195. The molecular formula is C15H27N3O2. The van der Waals surface area contributed by atoms with Crippen LogP contribution in [0.3, 0.4) is 0 Å². The Morgan fingerprint density at radius 2 is 2.20 bits per heavy atom. The Morgan fingerprint density at radius 1 is 1.45 bits per heavy atom. The van der Waals surface area contributed by atoms with E-state index in [1.807, 2.05) is 13.2 Å². The second kappa shape index (κ2) is 7.64. The monoisotopic (exact) mass is 281 g/mol. The number of hydrogen-bond donors (Lipinski definition) is 2. The van der Waals surface area contributed by atoms with Crippen LogP contribution in [0.5, 0.6) is 0 Å². The fourth-order valence-corrected chi connectivity index (χ4v) is 2.71. The topological polar surface area (TPSA) is 59.3 Å². The van der Waals surface area contributed by atoms with Gasteiger partial charge in [-0.2, -0.15) is 5.10 Å². The molecule has 5 heteroatoms. The zero-order chi connectivity index (χ0) is 14.4. The van der Waals surface area contributed by atoms with Crippen LogP contribution in [0.25, 0.3) is 0 Å². The fourth-order valence-electron chi connectivity index (χ4n) is 2.71. The van der Waals surface area contributed by atoms with Gasteiger partial charge in [0.05, 0.1) is 30.2 Å². The summed E-state index contributed by atoms with van der Waals surface area (Å²) in [5.41, 5.74) is 2.04. The smallest absolute Gasteiger partial charge is 0.0945 e. The molecule has 1 heterocycles. The highest BCUT2D eigenvalue weighted by atomic mass is 16.5. The molecule has 1 aliphatic carbocycles. The van der Waals surface area contributed by atoms with E-state index >= 15 is 0 Å². The summed E-state index contributed by atoms with van der Waals surface area (Å²) in [5.74, 6) is 0. The minimum atomic E-state index is -0.471. The zero-order valence-electron chi connectivity index (χ0n) is 12.6. The summed E-state index contributed by atoms with van der Waals surface area (Å²) in [6, 6.07) is 0. The minimum Gasteiger partial charge on any atom is -0.389 e. The largest absolute Gasteiger partial charge is 0.389 e. The number of hydrogen-bond acceptors (Lipinski definition) is 4. The van der Waals surface area contributed by atoms with Crippen molar-refractivity contribution in [1.82, 2.24) is 9.78 Å². The molecule has 1 unspecified atom stereocenters. The van der Waals surface area contributed by atoms with Gasteiger partial charge in [0, 0.05) is 19.8 Å². The molecule has 0 aromatic carbocycles. The lowest BCUT2D eigenvalue weighted by Gasteiger charge is -2.23. The lowest BCUT2D eigenvalue weighted by atomic mass is 9.98. The fraction of sp³-hybridized carbons (Fsp3) is 0.800.